The standard InChI is InChI=1S/C25H23Cl2NO4/c26-18-3-1-2-16(10-18)24(29)14-28-19-6-4-15-5-7-20(12-17(15)11-19)32-21-8-9-23(27)22(13-21)25(30)31/h1-3,5,7-10,12-13,19,24,28-29H,4,6,11,14H2,(H,30,31)/t19-,24-/m0/s1. The summed E-state index contributed by atoms with van der Waals surface area (Å²) < 4.78 is 5.90. The SMILES string of the molecule is O=C(O)c1cc(Oc2ccc3c(c2)C[C@@H](NC[C@H](O)c2cccc(Cl)c2)CC3)ccc1Cl. The van der Waals surface area contributed by atoms with Gasteiger partial charge in [0.25, 0.3) is 0 Å². The first-order valence-electron chi connectivity index (χ1n) is 10.4. The van der Waals surface area contributed by atoms with Crippen LogP contribution in [0.5, 0.6) is 11.5 Å². The van der Waals surface area contributed by atoms with Crippen LogP contribution in [0.25, 0.3) is 0 Å². The zero-order valence-electron chi connectivity index (χ0n) is 17.2. The predicted molar refractivity (Wildman–Crippen MR) is 125 cm³/mol. The number of aliphatic hydroxyl groups is 1. The van der Waals surface area contributed by atoms with Crippen LogP contribution in [0.1, 0.15) is 39.6 Å². The summed E-state index contributed by atoms with van der Waals surface area (Å²) in [5, 5.41) is 24.0. The molecule has 0 radical (unpaired) electrons. The number of fused-ring (bicyclic) bond motifs is 1. The number of benzene rings is 3. The topological polar surface area (TPSA) is 78.8 Å². The van der Waals surface area contributed by atoms with Crippen LogP contribution in [-0.4, -0.2) is 28.8 Å². The summed E-state index contributed by atoms with van der Waals surface area (Å²) in [6.07, 6.45) is 2.10. The molecule has 0 unspecified atom stereocenters. The maximum absolute atomic E-state index is 11.3. The van der Waals surface area contributed by atoms with Crippen LogP contribution < -0.4 is 10.1 Å². The average molecular weight is 472 g/mol. The first-order chi connectivity index (χ1) is 15.4. The molecule has 0 fully saturated rings. The monoisotopic (exact) mass is 471 g/mol. The van der Waals surface area contributed by atoms with Crippen molar-refractivity contribution in [3.05, 3.63) is 93.0 Å². The highest BCUT2D eigenvalue weighted by molar-refractivity contribution is 6.33. The first kappa shape index (κ1) is 22.6. The van der Waals surface area contributed by atoms with Gasteiger partial charge in [0, 0.05) is 17.6 Å². The molecule has 3 aromatic carbocycles. The molecular weight excluding hydrogens is 449 g/mol. The summed E-state index contributed by atoms with van der Waals surface area (Å²) in [6.45, 7) is 0.444. The van der Waals surface area contributed by atoms with E-state index in [2.05, 4.69) is 11.4 Å². The summed E-state index contributed by atoms with van der Waals surface area (Å²) >= 11 is 12.0. The van der Waals surface area contributed by atoms with Crippen molar-refractivity contribution in [3.63, 3.8) is 0 Å². The molecule has 166 valence electrons. The molecule has 0 aromatic heterocycles. The summed E-state index contributed by atoms with van der Waals surface area (Å²) in [4.78, 5) is 11.3. The minimum Gasteiger partial charge on any atom is -0.478 e. The number of hydrogen-bond acceptors (Lipinski definition) is 4. The van der Waals surface area contributed by atoms with Gasteiger partial charge in [-0.3, -0.25) is 0 Å². The molecule has 7 heteroatoms. The molecule has 32 heavy (non-hydrogen) atoms. The van der Waals surface area contributed by atoms with Gasteiger partial charge in [0.2, 0.25) is 0 Å². The Bertz CT molecular complexity index is 1130. The van der Waals surface area contributed by atoms with Gasteiger partial charge < -0.3 is 20.3 Å². The quantitative estimate of drug-likeness (QED) is 0.413. The number of carboxylic acid groups (broad SMARTS) is 1. The molecule has 0 heterocycles. The van der Waals surface area contributed by atoms with Crippen LogP contribution in [0.4, 0.5) is 0 Å². The van der Waals surface area contributed by atoms with Crippen molar-refractivity contribution in [2.75, 3.05) is 6.54 Å². The Labute approximate surface area is 196 Å². The number of aryl methyl sites for hydroxylation is 1. The Kier molecular flexibility index (Phi) is 7.01. The van der Waals surface area contributed by atoms with E-state index < -0.39 is 12.1 Å². The van der Waals surface area contributed by atoms with Crippen LogP contribution in [-0.2, 0) is 12.8 Å². The van der Waals surface area contributed by atoms with Crippen molar-refractivity contribution in [1.82, 2.24) is 5.32 Å². The molecule has 0 saturated heterocycles. The van der Waals surface area contributed by atoms with Crippen molar-refractivity contribution in [2.45, 2.75) is 31.4 Å². The lowest BCUT2D eigenvalue weighted by Gasteiger charge is -2.27. The number of halogens is 2. The van der Waals surface area contributed by atoms with E-state index >= 15 is 0 Å². The van der Waals surface area contributed by atoms with Gasteiger partial charge in [-0.25, -0.2) is 4.79 Å². The van der Waals surface area contributed by atoms with Gasteiger partial charge in [-0.05, 0) is 78.4 Å². The smallest absolute Gasteiger partial charge is 0.337 e. The Morgan fingerprint density at radius 3 is 2.62 bits per heavy atom. The highest BCUT2D eigenvalue weighted by Gasteiger charge is 2.20. The number of aliphatic hydroxyl groups excluding tert-OH is 1. The maximum Gasteiger partial charge on any atom is 0.337 e. The molecule has 1 aliphatic carbocycles. The molecule has 0 amide bonds. The van der Waals surface area contributed by atoms with Crippen molar-refractivity contribution >= 4 is 29.2 Å². The van der Waals surface area contributed by atoms with E-state index in [-0.39, 0.29) is 16.6 Å². The van der Waals surface area contributed by atoms with Crippen LogP contribution >= 0.6 is 23.2 Å². The minimum absolute atomic E-state index is 0.00431. The Balaban J connectivity index is 1.41. The van der Waals surface area contributed by atoms with Gasteiger partial charge in [0.05, 0.1) is 16.7 Å². The Morgan fingerprint density at radius 1 is 1.06 bits per heavy atom. The minimum atomic E-state index is -1.10. The van der Waals surface area contributed by atoms with E-state index in [1.54, 1.807) is 18.2 Å². The highest BCUT2D eigenvalue weighted by atomic mass is 35.5. The average Bonchev–Trinajstić information content (AvgIpc) is 2.78. The number of carboxylic acids is 1. The fourth-order valence-corrected chi connectivity index (χ4v) is 4.35. The van der Waals surface area contributed by atoms with Gasteiger partial charge in [-0.1, -0.05) is 41.4 Å². The fourth-order valence-electron chi connectivity index (χ4n) is 3.95. The van der Waals surface area contributed by atoms with Gasteiger partial charge in [-0.15, -0.1) is 0 Å². The van der Waals surface area contributed by atoms with E-state index in [1.807, 2.05) is 24.3 Å². The molecule has 1 aliphatic rings. The third kappa shape index (κ3) is 5.43. The number of hydrogen-bond donors (Lipinski definition) is 3. The number of carbonyl (C=O) groups is 1. The van der Waals surface area contributed by atoms with Gasteiger partial charge >= 0.3 is 5.97 Å². The molecule has 0 saturated carbocycles. The van der Waals surface area contributed by atoms with E-state index in [0.717, 1.165) is 24.8 Å². The summed E-state index contributed by atoms with van der Waals surface area (Å²) in [5.74, 6) is -0.0383. The highest BCUT2D eigenvalue weighted by Crippen LogP contribution is 2.30. The number of ether oxygens (including phenoxy) is 1. The largest absolute Gasteiger partial charge is 0.478 e. The van der Waals surface area contributed by atoms with E-state index in [0.29, 0.717) is 23.1 Å². The second-order valence-corrected chi connectivity index (χ2v) is 8.74. The normalized spacial score (nSPS) is 16.3. The molecule has 3 N–H and O–H groups in total. The summed E-state index contributed by atoms with van der Waals surface area (Å²) in [7, 11) is 0. The lowest BCUT2D eigenvalue weighted by atomic mass is 9.88. The van der Waals surface area contributed by atoms with Crippen LogP contribution in [0.2, 0.25) is 10.0 Å². The van der Waals surface area contributed by atoms with E-state index in [4.69, 9.17) is 27.9 Å². The van der Waals surface area contributed by atoms with Crippen LogP contribution in [0.15, 0.2) is 60.7 Å². The van der Waals surface area contributed by atoms with Crippen molar-refractivity contribution in [3.8, 4) is 11.5 Å². The van der Waals surface area contributed by atoms with Crippen molar-refractivity contribution in [2.24, 2.45) is 0 Å². The number of rotatable bonds is 7. The molecule has 0 aliphatic heterocycles. The Morgan fingerprint density at radius 2 is 1.84 bits per heavy atom. The molecule has 0 spiro atoms. The second kappa shape index (κ2) is 9.92. The lowest BCUT2D eigenvalue weighted by molar-refractivity contribution is 0.0696. The van der Waals surface area contributed by atoms with Crippen LogP contribution in [0.3, 0.4) is 0 Å². The summed E-state index contributed by atoms with van der Waals surface area (Å²) in [6, 6.07) is 18.0. The fraction of sp³-hybridized carbons (Fsp3) is 0.240. The lowest BCUT2D eigenvalue weighted by Crippen LogP contribution is -2.37. The van der Waals surface area contributed by atoms with E-state index in [9.17, 15) is 15.0 Å². The molecule has 2 atom stereocenters. The van der Waals surface area contributed by atoms with Crippen LogP contribution in [0, 0.1) is 0 Å². The molecule has 0 bridgehead atoms. The molecule has 4 rings (SSSR count). The predicted octanol–water partition coefficient (Wildman–Crippen LogP) is 5.66. The number of aromatic carboxylic acids is 1. The maximum atomic E-state index is 11.3. The second-order valence-electron chi connectivity index (χ2n) is 7.90. The third-order valence-electron chi connectivity index (χ3n) is 5.64. The zero-order chi connectivity index (χ0) is 22.7. The van der Waals surface area contributed by atoms with Gasteiger partial charge in [-0.2, -0.15) is 0 Å². The molecule has 3 aromatic rings. The Hall–Kier alpha value is -2.57. The summed E-state index contributed by atoms with van der Waals surface area (Å²) in [5.41, 5.74) is 3.24. The van der Waals surface area contributed by atoms with Gasteiger partial charge in [0.1, 0.15) is 11.5 Å². The number of nitrogens with one attached hydrogen (secondary N) is 1. The zero-order valence-corrected chi connectivity index (χ0v) is 18.7. The molecule has 5 nitrogen and oxygen atoms in total. The first-order valence-corrected chi connectivity index (χ1v) is 11.1. The van der Waals surface area contributed by atoms with Crippen molar-refractivity contribution < 1.29 is 19.7 Å². The third-order valence-corrected chi connectivity index (χ3v) is 6.21. The van der Waals surface area contributed by atoms with Gasteiger partial charge in [0.15, 0.2) is 0 Å². The van der Waals surface area contributed by atoms with E-state index in [1.165, 1.54) is 23.3 Å². The van der Waals surface area contributed by atoms with Crippen molar-refractivity contribution in [1.29, 1.82) is 0 Å². The molecular formula is C25H23Cl2NO4.